The zero-order valence-electron chi connectivity index (χ0n) is 11.4. The SMILES string of the molecule is CCN(CC)CCNCC1(C=O)C=CC=CC=C1. The Morgan fingerprint density at radius 1 is 1.11 bits per heavy atom. The second-order valence-electron chi connectivity index (χ2n) is 4.54. The number of allylic oxidation sites excluding steroid dienone is 4. The van der Waals surface area contributed by atoms with Crippen LogP contribution in [-0.2, 0) is 4.79 Å². The van der Waals surface area contributed by atoms with Gasteiger partial charge in [0.2, 0.25) is 0 Å². The molecule has 1 N–H and O–H groups in total. The molecule has 18 heavy (non-hydrogen) atoms. The van der Waals surface area contributed by atoms with Gasteiger partial charge in [-0.15, -0.1) is 0 Å². The molecule has 100 valence electrons. The molecule has 0 aromatic heterocycles. The third kappa shape index (κ3) is 4.59. The summed E-state index contributed by atoms with van der Waals surface area (Å²) < 4.78 is 0. The van der Waals surface area contributed by atoms with Gasteiger partial charge in [-0.3, -0.25) is 0 Å². The van der Waals surface area contributed by atoms with Gasteiger partial charge in [-0.1, -0.05) is 50.3 Å². The van der Waals surface area contributed by atoms with Gasteiger partial charge in [-0.05, 0) is 13.1 Å². The summed E-state index contributed by atoms with van der Waals surface area (Å²) in [6.45, 7) is 9.06. The van der Waals surface area contributed by atoms with Crippen LogP contribution < -0.4 is 5.32 Å². The maximum absolute atomic E-state index is 11.3. The number of nitrogens with one attached hydrogen (secondary N) is 1. The van der Waals surface area contributed by atoms with Crippen LogP contribution in [0.5, 0.6) is 0 Å². The van der Waals surface area contributed by atoms with Crippen molar-refractivity contribution in [3.05, 3.63) is 36.5 Å². The van der Waals surface area contributed by atoms with Crippen molar-refractivity contribution in [3.8, 4) is 0 Å². The molecule has 0 spiro atoms. The van der Waals surface area contributed by atoms with Crippen LogP contribution in [0.4, 0.5) is 0 Å². The first-order valence-corrected chi connectivity index (χ1v) is 6.69. The van der Waals surface area contributed by atoms with Crippen LogP contribution in [0.1, 0.15) is 13.8 Å². The van der Waals surface area contributed by atoms with Crippen LogP contribution >= 0.6 is 0 Å². The van der Waals surface area contributed by atoms with Crippen LogP contribution in [0.15, 0.2) is 36.5 Å². The molecular weight excluding hydrogens is 224 g/mol. The fourth-order valence-corrected chi connectivity index (χ4v) is 1.97. The molecule has 0 aromatic rings. The average molecular weight is 248 g/mol. The maximum Gasteiger partial charge on any atom is 0.135 e. The van der Waals surface area contributed by atoms with Gasteiger partial charge in [0.25, 0.3) is 0 Å². The van der Waals surface area contributed by atoms with Crippen molar-refractivity contribution < 1.29 is 4.79 Å². The van der Waals surface area contributed by atoms with Gasteiger partial charge in [0.05, 0.1) is 5.41 Å². The topological polar surface area (TPSA) is 32.3 Å². The molecule has 0 saturated heterocycles. The molecule has 0 heterocycles. The van der Waals surface area contributed by atoms with Crippen LogP contribution in [0.3, 0.4) is 0 Å². The van der Waals surface area contributed by atoms with Gasteiger partial charge >= 0.3 is 0 Å². The molecule has 0 atom stereocenters. The largest absolute Gasteiger partial charge is 0.314 e. The average Bonchev–Trinajstić information content (AvgIpc) is 2.65. The predicted octanol–water partition coefficient (Wildman–Crippen LogP) is 1.79. The molecule has 1 aliphatic rings. The molecule has 0 aliphatic heterocycles. The Labute approximate surface area is 110 Å². The van der Waals surface area contributed by atoms with Gasteiger partial charge in [-0.2, -0.15) is 0 Å². The fraction of sp³-hybridized carbons (Fsp3) is 0.533. The van der Waals surface area contributed by atoms with E-state index in [-0.39, 0.29) is 0 Å². The highest BCUT2D eigenvalue weighted by atomic mass is 16.1. The van der Waals surface area contributed by atoms with Crippen molar-refractivity contribution in [3.63, 3.8) is 0 Å². The second kappa shape index (κ2) is 8.01. The van der Waals surface area contributed by atoms with Gasteiger partial charge in [0, 0.05) is 19.6 Å². The van der Waals surface area contributed by atoms with Gasteiger partial charge in [-0.25, -0.2) is 0 Å². The molecular formula is C15H24N2O. The van der Waals surface area contributed by atoms with E-state index >= 15 is 0 Å². The zero-order valence-corrected chi connectivity index (χ0v) is 11.4. The Morgan fingerprint density at radius 2 is 1.72 bits per heavy atom. The molecule has 1 aliphatic carbocycles. The van der Waals surface area contributed by atoms with E-state index in [9.17, 15) is 4.79 Å². The summed E-state index contributed by atoms with van der Waals surface area (Å²) in [4.78, 5) is 13.7. The highest BCUT2D eigenvalue weighted by molar-refractivity contribution is 5.67. The first kappa shape index (κ1) is 14.9. The molecule has 0 radical (unpaired) electrons. The minimum atomic E-state index is -0.493. The third-order valence-electron chi connectivity index (χ3n) is 3.30. The van der Waals surface area contributed by atoms with Crippen molar-refractivity contribution in [2.45, 2.75) is 13.8 Å². The van der Waals surface area contributed by atoms with Gasteiger partial charge in [0.1, 0.15) is 6.29 Å². The summed E-state index contributed by atoms with van der Waals surface area (Å²) in [7, 11) is 0. The van der Waals surface area contributed by atoms with E-state index < -0.39 is 5.41 Å². The van der Waals surface area contributed by atoms with E-state index in [1.165, 1.54) is 0 Å². The Kier molecular flexibility index (Phi) is 6.61. The van der Waals surface area contributed by atoms with Crippen molar-refractivity contribution in [1.82, 2.24) is 10.2 Å². The summed E-state index contributed by atoms with van der Waals surface area (Å²) in [5, 5.41) is 3.37. The number of aldehydes is 1. The normalized spacial score (nSPS) is 17.1. The smallest absolute Gasteiger partial charge is 0.135 e. The molecule has 0 bridgehead atoms. The number of carbonyl (C=O) groups is 1. The van der Waals surface area contributed by atoms with Gasteiger partial charge in [0.15, 0.2) is 0 Å². The molecule has 1 rings (SSSR count). The van der Waals surface area contributed by atoms with E-state index in [4.69, 9.17) is 0 Å². The number of hydrogen-bond acceptors (Lipinski definition) is 3. The van der Waals surface area contributed by atoms with E-state index in [0.29, 0.717) is 6.54 Å². The van der Waals surface area contributed by atoms with Crippen LogP contribution in [0.25, 0.3) is 0 Å². The quantitative estimate of drug-likeness (QED) is 0.525. The molecule has 3 heteroatoms. The lowest BCUT2D eigenvalue weighted by atomic mass is 9.89. The van der Waals surface area contributed by atoms with E-state index in [2.05, 4.69) is 24.1 Å². The summed E-state index contributed by atoms with van der Waals surface area (Å²) in [6.07, 6.45) is 12.7. The minimum absolute atomic E-state index is 0.493. The number of rotatable bonds is 8. The van der Waals surface area contributed by atoms with Crippen molar-refractivity contribution in [1.29, 1.82) is 0 Å². The lowest BCUT2D eigenvalue weighted by Gasteiger charge is -2.22. The van der Waals surface area contributed by atoms with Crippen LogP contribution in [0.2, 0.25) is 0 Å². The highest BCUT2D eigenvalue weighted by Gasteiger charge is 2.22. The molecule has 0 aromatic carbocycles. The lowest BCUT2D eigenvalue weighted by Crippen LogP contribution is -2.37. The van der Waals surface area contributed by atoms with Crippen molar-refractivity contribution >= 4 is 6.29 Å². The second-order valence-corrected chi connectivity index (χ2v) is 4.54. The molecule has 0 fully saturated rings. The Balaban J connectivity index is 2.38. The Bertz CT molecular complexity index is 311. The summed E-state index contributed by atoms with van der Waals surface area (Å²) in [5.74, 6) is 0. The van der Waals surface area contributed by atoms with Crippen molar-refractivity contribution in [2.75, 3.05) is 32.7 Å². The van der Waals surface area contributed by atoms with E-state index in [1.807, 2.05) is 36.5 Å². The van der Waals surface area contributed by atoms with Gasteiger partial charge < -0.3 is 15.0 Å². The first-order valence-electron chi connectivity index (χ1n) is 6.69. The van der Waals surface area contributed by atoms with Crippen LogP contribution in [0, 0.1) is 5.41 Å². The number of carbonyl (C=O) groups excluding carboxylic acids is 1. The third-order valence-corrected chi connectivity index (χ3v) is 3.30. The first-order chi connectivity index (χ1) is 8.76. The lowest BCUT2D eigenvalue weighted by molar-refractivity contribution is -0.112. The molecule has 3 nitrogen and oxygen atoms in total. The van der Waals surface area contributed by atoms with E-state index in [1.54, 1.807) is 0 Å². The summed E-state index contributed by atoms with van der Waals surface area (Å²) in [6, 6.07) is 0. The standard InChI is InChI=1S/C15H24N2O/c1-3-17(4-2)12-11-16-13-15(14-18)9-7-5-6-8-10-15/h5-10,14,16H,3-4,11-13H2,1-2H3. The highest BCUT2D eigenvalue weighted by Crippen LogP contribution is 2.19. The number of nitrogens with zero attached hydrogens (tertiary/aromatic N) is 1. The molecule has 0 amide bonds. The summed E-state index contributed by atoms with van der Waals surface area (Å²) >= 11 is 0. The monoisotopic (exact) mass is 248 g/mol. The maximum atomic E-state index is 11.3. The molecule has 0 saturated carbocycles. The predicted molar refractivity (Wildman–Crippen MR) is 76.6 cm³/mol. The number of hydrogen-bond donors (Lipinski definition) is 1. The number of likely N-dealkylation sites (N-methyl/N-ethyl adjacent to an activating group) is 1. The van der Waals surface area contributed by atoms with E-state index in [0.717, 1.165) is 32.5 Å². The summed E-state index contributed by atoms with van der Waals surface area (Å²) in [5.41, 5.74) is -0.493. The fourth-order valence-electron chi connectivity index (χ4n) is 1.97. The Morgan fingerprint density at radius 3 is 2.22 bits per heavy atom. The van der Waals surface area contributed by atoms with Crippen LogP contribution in [-0.4, -0.2) is 43.9 Å². The Hall–Kier alpha value is -1.19. The van der Waals surface area contributed by atoms with Crippen molar-refractivity contribution in [2.24, 2.45) is 5.41 Å². The zero-order chi connectivity index (χ0) is 13.3. The minimum Gasteiger partial charge on any atom is -0.314 e. The molecule has 0 unspecified atom stereocenters.